The van der Waals surface area contributed by atoms with Gasteiger partial charge in [-0.1, -0.05) is 34.1 Å². The zero-order valence-corrected chi connectivity index (χ0v) is 14.4. The molecule has 2 saturated heterocycles. The van der Waals surface area contributed by atoms with E-state index in [0.29, 0.717) is 31.0 Å². The van der Waals surface area contributed by atoms with E-state index in [0.717, 1.165) is 10.0 Å². The Balaban J connectivity index is 0.00000161. The number of rotatable bonds is 4. The van der Waals surface area contributed by atoms with Crippen LogP contribution in [0.3, 0.4) is 0 Å². The molecule has 0 aromatic heterocycles. The molecule has 1 aromatic carbocycles. The summed E-state index contributed by atoms with van der Waals surface area (Å²) in [4.78, 5) is 12.1. The van der Waals surface area contributed by atoms with Gasteiger partial charge in [0.05, 0.1) is 0 Å². The maximum absolute atomic E-state index is 12.1. The fraction of sp³-hybridized carbons (Fsp3) is 0.562. The van der Waals surface area contributed by atoms with Gasteiger partial charge in [0.15, 0.2) is 0 Å². The second-order valence-corrected chi connectivity index (χ2v) is 6.90. The van der Waals surface area contributed by atoms with E-state index in [1.807, 2.05) is 24.3 Å². The lowest BCUT2D eigenvalue weighted by Crippen LogP contribution is -2.39. The maximum atomic E-state index is 12.1. The number of halogens is 2. The van der Waals surface area contributed by atoms with E-state index in [1.54, 1.807) is 0 Å². The van der Waals surface area contributed by atoms with Crippen molar-refractivity contribution in [3.05, 3.63) is 34.3 Å². The summed E-state index contributed by atoms with van der Waals surface area (Å²) in [6, 6.07) is 9.35. The zero-order valence-electron chi connectivity index (χ0n) is 12.0. The highest BCUT2D eigenvalue weighted by Gasteiger charge is 2.34. The highest BCUT2D eigenvalue weighted by atomic mass is 79.9. The molecular formula is C16H22BrClN2O. The molecule has 0 spiro atoms. The zero-order chi connectivity index (χ0) is 13.9. The molecule has 2 aliphatic rings. The molecular weight excluding hydrogens is 352 g/mol. The number of nitrogens with one attached hydrogen (secondary N) is 2. The van der Waals surface area contributed by atoms with Crippen molar-refractivity contribution in [2.45, 2.75) is 50.7 Å². The Morgan fingerprint density at radius 3 is 2.57 bits per heavy atom. The van der Waals surface area contributed by atoms with E-state index >= 15 is 0 Å². The molecule has 1 aromatic rings. The topological polar surface area (TPSA) is 41.1 Å². The van der Waals surface area contributed by atoms with Crippen molar-refractivity contribution in [1.82, 2.24) is 10.6 Å². The summed E-state index contributed by atoms with van der Waals surface area (Å²) in [6.07, 6.45) is 5.59. The molecule has 3 nitrogen and oxygen atoms in total. The van der Waals surface area contributed by atoms with Crippen LogP contribution in [0.2, 0.25) is 0 Å². The van der Waals surface area contributed by atoms with Crippen molar-refractivity contribution in [1.29, 1.82) is 0 Å². The molecule has 21 heavy (non-hydrogen) atoms. The number of benzene rings is 1. The minimum atomic E-state index is 0. The third kappa shape index (κ3) is 4.44. The lowest BCUT2D eigenvalue weighted by molar-refractivity contribution is -0.122. The molecule has 1 amide bonds. The van der Waals surface area contributed by atoms with E-state index < -0.39 is 0 Å². The van der Waals surface area contributed by atoms with Crippen molar-refractivity contribution >= 4 is 34.2 Å². The maximum Gasteiger partial charge on any atom is 0.220 e. The van der Waals surface area contributed by atoms with Crippen LogP contribution in [0.4, 0.5) is 0 Å². The van der Waals surface area contributed by atoms with E-state index in [4.69, 9.17) is 0 Å². The van der Waals surface area contributed by atoms with Crippen molar-refractivity contribution in [3.8, 4) is 0 Å². The van der Waals surface area contributed by atoms with Crippen LogP contribution in [0.1, 0.15) is 37.7 Å². The Labute approximate surface area is 140 Å². The van der Waals surface area contributed by atoms with Gasteiger partial charge in [0.2, 0.25) is 5.91 Å². The summed E-state index contributed by atoms with van der Waals surface area (Å²) >= 11 is 3.51. The number of amides is 1. The molecule has 2 atom stereocenters. The average molecular weight is 374 g/mol. The second-order valence-electron chi connectivity index (χ2n) is 6.05. The Bertz CT molecular complexity index is 485. The van der Waals surface area contributed by atoms with Gasteiger partial charge >= 0.3 is 0 Å². The van der Waals surface area contributed by atoms with E-state index in [9.17, 15) is 4.79 Å². The summed E-state index contributed by atoms with van der Waals surface area (Å²) in [7, 11) is 0. The normalized spacial score (nSPS) is 27.0. The summed E-state index contributed by atoms with van der Waals surface area (Å²) in [5.74, 6) is 0.750. The molecule has 116 valence electrons. The lowest BCUT2D eigenvalue weighted by Gasteiger charge is -2.28. The second kappa shape index (κ2) is 7.61. The number of hydrogen-bond acceptors (Lipinski definition) is 2. The van der Waals surface area contributed by atoms with Gasteiger partial charge in [-0.2, -0.15) is 0 Å². The predicted molar refractivity (Wildman–Crippen MR) is 90.5 cm³/mol. The highest BCUT2D eigenvalue weighted by molar-refractivity contribution is 9.10. The molecule has 0 radical (unpaired) electrons. The first-order chi connectivity index (χ1) is 9.70. The van der Waals surface area contributed by atoms with Gasteiger partial charge in [0.25, 0.3) is 0 Å². The van der Waals surface area contributed by atoms with Gasteiger partial charge < -0.3 is 10.6 Å². The fourth-order valence-electron chi connectivity index (χ4n) is 3.51. The number of carbonyl (C=O) groups is 1. The first kappa shape index (κ1) is 16.8. The Hall–Kier alpha value is -0.580. The van der Waals surface area contributed by atoms with Gasteiger partial charge in [-0.15, -0.1) is 12.4 Å². The molecule has 0 saturated carbocycles. The quantitative estimate of drug-likeness (QED) is 0.849. The first-order valence-corrected chi connectivity index (χ1v) is 8.26. The van der Waals surface area contributed by atoms with Crippen LogP contribution >= 0.6 is 28.3 Å². The van der Waals surface area contributed by atoms with Gasteiger partial charge in [0.1, 0.15) is 0 Å². The number of hydrogen-bond donors (Lipinski definition) is 2. The molecule has 2 unspecified atom stereocenters. The molecule has 2 aliphatic heterocycles. The van der Waals surface area contributed by atoms with Crippen LogP contribution < -0.4 is 10.6 Å². The third-order valence-electron chi connectivity index (χ3n) is 4.48. The lowest BCUT2D eigenvalue weighted by atomic mass is 9.89. The number of piperidine rings is 1. The minimum absolute atomic E-state index is 0. The van der Waals surface area contributed by atoms with Gasteiger partial charge in [-0.3, -0.25) is 4.79 Å². The average Bonchev–Trinajstić information content (AvgIpc) is 2.77. The summed E-state index contributed by atoms with van der Waals surface area (Å²) in [5, 5.41) is 6.67. The first-order valence-electron chi connectivity index (χ1n) is 7.47. The van der Waals surface area contributed by atoms with Gasteiger partial charge in [0, 0.05) is 29.5 Å². The molecule has 2 N–H and O–H groups in total. The standard InChI is InChI=1S/C16H21BrN2O.ClH/c17-15-4-2-1-3-12(15)10-18-16(20)9-11-7-13-5-6-14(8-11)19-13;/h1-4,11,13-14,19H,5-10H2,(H,18,20);1H. The van der Waals surface area contributed by atoms with E-state index in [1.165, 1.54) is 25.7 Å². The van der Waals surface area contributed by atoms with Crippen molar-refractivity contribution < 1.29 is 4.79 Å². The molecule has 3 rings (SSSR count). The Morgan fingerprint density at radius 2 is 1.90 bits per heavy atom. The van der Waals surface area contributed by atoms with Gasteiger partial charge in [-0.25, -0.2) is 0 Å². The van der Waals surface area contributed by atoms with Crippen LogP contribution in [0.5, 0.6) is 0 Å². The van der Waals surface area contributed by atoms with Crippen molar-refractivity contribution in [3.63, 3.8) is 0 Å². The molecule has 2 bridgehead atoms. The molecule has 2 fully saturated rings. The summed E-state index contributed by atoms with van der Waals surface area (Å²) in [5.41, 5.74) is 1.13. The molecule has 0 aliphatic carbocycles. The van der Waals surface area contributed by atoms with Crippen LogP contribution in [0.15, 0.2) is 28.7 Å². The van der Waals surface area contributed by atoms with Crippen LogP contribution in [0.25, 0.3) is 0 Å². The van der Waals surface area contributed by atoms with E-state index in [2.05, 4.69) is 26.6 Å². The monoisotopic (exact) mass is 372 g/mol. The minimum Gasteiger partial charge on any atom is -0.352 e. The highest BCUT2D eigenvalue weighted by Crippen LogP contribution is 2.32. The van der Waals surface area contributed by atoms with Crippen LogP contribution in [-0.2, 0) is 11.3 Å². The van der Waals surface area contributed by atoms with Crippen LogP contribution in [-0.4, -0.2) is 18.0 Å². The van der Waals surface area contributed by atoms with E-state index in [-0.39, 0.29) is 18.3 Å². The SMILES string of the molecule is Cl.O=C(CC1CC2CCC(C1)N2)NCc1ccccc1Br. The Morgan fingerprint density at radius 1 is 1.24 bits per heavy atom. The third-order valence-corrected chi connectivity index (χ3v) is 5.25. The number of fused-ring (bicyclic) bond motifs is 2. The molecule has 5 heteroatoms. The van der Waals surface area contributed by atoms with Gasteiger partial charge in [-0.05, 0) is 43.2 Å². The predicted octanol–water partition coefficient (Wildman–Crippen LogP) is 3.41. The number of carbonyl (C=O) groups excluding carboxylic acids is 1. The Kier molecular flexibility index (Phi) is 6.08. The smallest absolute Gasteiger partial charge is 0.220 e. The van der Waals surface area contributed by atoms with Crippen LogP contribution in [0, 0.1) is 5.92 Å². The molecule has 2 heterocycles. The largest absolute Gasteiger partial charge is 0.352 e. The summed E-state index contributed by atoms with van der Waals surface area (Å²) in [6.45, 7) is 0.609. The van der Waals surface area contributed by atoms with Crippen molar-refractivity contribution in [2.24, 2.45) is 5.92 Å². The van der Waals surface area contributed by atoms with Crippen molar-refractivity contribution in [2.75, 3.05) is 0 Å². The summed E-state index contributed by atoms with van der Waals surface area (Å²) < 4.78 is 1.06. The fourth-order valence-corrected chi connectivity index (χ4v) is 3.94.